The second-order valence-corrected chi connectivity index (χ2v) is 7.19. The molecule has 1 amide bonds. The number of hydrogen-bond donors (Lipinski definition) is 1. The molecule has 0 aliphatic carbocycles. The van der Waals surface area contributed by atoms with Gasteiger partial charge in [0.15, 0.2) is 0 Å². The predicted molar refractivity (Wildman–Crippen MR) is 91.7 cm³/mol. The molecule has 2 aromatic heterocycles. The molecule has 1 N–H and O–H groups in total. The van der Waals surface area contributed by atoms with Crippen LogP contribution in [-0.2, 0) is 19.0 Å². The predicted octanol–water partition coefficient (Wildman–Crippen LogP) is 1.40. The number of H-pyrrole nitrogens is 1. The molecule has 0 atom stereocenters. The maximum absolute atomic E-state index is 12.4. The van der Waals surface area contributed by atoms with Crippen molar-refractivity contribution in [2.24, 2.45) is 7.05 Å². The molecule has 2 aromatic rings. The molecule has 130 valence electrons. The normalized spacial score (nSPS) is 17.8. The standard InChI is InChI=1S/C17H26N6O/c1-17(15-14(10-19-20-15)16(24)21(2)3)5-7-23(8-6-17)11-13-9-18-12-22(13)4/h9-10,12H,5-8,11H2,1-4H3,(H,19,20). The average molecular weight is 330 g/mol. The summed E-state index contributed by atoms with van der Waals surface area (Å²) in [6.45, 7) is 5.14. The van der Waals surface area contributed by atoms with Crippen molar-refractivity contribution in [1.29, 1.82) is 0 Å². The Morgan fingerprint density at radius 2 is 2.04 bits per heavy atom. The Morgan fingerprint density at radius 3 is 2.62 bits per heavy atom. The number of nitrogens with zero attached hydrogens (tertiary/aromatic N) is 5. The third kappa shape index (κ3) is 3.08. The Hall–Kier alpha value is -2.15. The fourth-order valence-electron chi connectivity index (χ4n) is 3.37. The molecule has 1 aliphatic heterocycles. The van der Waals surface area contributed by atoms with E-state index in [1.54, 1.807) is 25.2 Å². The Kier molecular flexibility index (Phi) is 4.45. The SMILES string of the molecule is CN(C)C(=O)c1cn[nH]c1C1(C)CCN(Cc2cncn2C)CC1. The topological polar surface area (TPSA) is 70.1 Å². The van der Waals surface area contributed by atoms with Crippen molar-refractivity contribution in [3.05, 3.63) is 35.7 Å². The van der Waals surface area contributed by atoms with Crippen LogP contribution in [0, 0.1) is 0 Å². The van der Waals surface area contributed by atoms with Crippen LogP contribution in [0.25, 0.3) is 0 Å². The number of rotatable bonds is 4. The number of amides is 1. The highest BCUT2D eigenvalue weighted by atomic mass is 16.2. The summed E-state index contributed by atoms with van der Waals surface area (Å²) in [5, 5.41) is 7.23. The lowest BCUT2D eigenvalue weighted by Gasteiger charge is -2.39. The van der Waals surface area contributed by atoms with Crippen LogP contribution in [0.5, 0.6) is 0 Å². The van der Waals surface area contributed by atoms with E-state index in [1.165, 1.54) is 5.69 Å². The van der Waals surface area contributed by atoms with E-state index in [1.807, 2.05) is 19.6 Å². The highest BCUT2D eigenvalue weighted by Gasteiger charge is 2.36. The van der Waals surface area contributed by atoms with Crippen molar-refractivity contribution < 1.29 is 4.79 Å². The van der Waals surface area contributed by atoms with Gasteiger partial charge in [-0.1, -0.05) is 6.92 Å². The highest BCUT2D eigenvalue weighted by molar-refractivity contribution is 5.95. The number of carbonyl (C=O) groups excluding carboxylic acids is 1. The van der Waals surface area contributed by atoms with Crippen molar-refractivity contribution in [2.45, 2.75) is 31.7 Å². The van der Waals surface area contributed by atoms with Gasteiger partial charge in [-0.25, -0.2) is 4.98 Å². The molecule has 3 rings (SSSR count). The molecular weight excluding hydrogens is 304 g/mol. The number of aromatic amines is 1. The summed E-state index contributed by atoms with van der Waals surface area (Å²) in [7, 11) is 5.58. The lowest BCUT2D eigenvalue weighted by Crippen LogP contribution is -2.42. The summed E-state index contributed by atoms with van der Waals surface area (Å²) in [6, 6.07) is 0. The third-order valence-electron chi connectivity index (χ3n) is 5.14. The van der Waals surface area contributed by atoms with Crippen LogP contribution in [0.3, 0.4) is 0 Å². The van der Waals surface area contributed by atoms with Crippen LogP contribution in [0.15, 0.2) is 18.7 Å². The van der Waals surface area contributed by atoms with Gasteiger partial charge in [0.2, 0.25) is 0 Å². The van der Waals surface area contributed by atoms with E-state index in [2.05, 4.69) is 31.6 Å². The molecule has 0 unspecified atom stereocenters. The van der Waals surface area contributed by atoms with E-state index in [-0.39, 0.29) is 11.3 Å². The van der Waals surface area contributed by atoms with Crippen molar-refractivity contribution >= 4 is 5.91 Å². The van der Waals surface area contributed by atoms with Crippen LogP contribution in [-0.4, -0.2) is 62.6 Å². The fraction of sp³-hybridized carbons (Fsp3) is 0.588. The summed E-state index contributed by atoms with van der Waals surface area (Å²) in [4.78, 5) is 20.6. The smallest absolute Gasteiger partial charge is 0.256 e. The van der Waals surface area contributed by atoms with E-state index in [0.29, 0.717) is 5.56 Å². The van der Waals surface area contributed by atoms with Crippen molar-refractivity contribution in [1.82, 2.24) is 29.5 Å². The number of hydrogen-bond acceptors (Lipinski definition) is 4. The van der Waals surface area contributed by atoms with Crippen LogP contribution >= 0.6 is 0 Å². The van der Waals surface area contributed by atoms with E-state index in [4.69, 9.17) is 0 Å². The van der Waals surface area contributed by atoms with E-state index in [9.17, 15) is 4.79 Å². The molecule has 3 heterocycles. The molecule has 0 saturated carbocycles. The van der Waals surface area contributed by atoms with Gasteiger partial charge in [-0.2, -0.15) is 5.10 Å². The minimum absolute atomic E-state index is 0.0114. The van der Waals surface area contributed by atoms with E-state index < -0.39 is 0 Å². The van der Waals surface area contributed by atoms with Gasteiger partial charge in [-0.3, -0.25) is 14.8 Å². The summed E-state index contributed by atoms with van der Waals surface area (Å²) >= 11 is 0. The molecule has 1 fully saturated rings. The Labute approximate surface area is 142 Å². The fourth-order valence-corrected chi connectivity index (χ4v) is 3.37. The minimum Gasteiger partial charge on any atom is -0.345 e. The van der Waals surface area contributed by atoms with Crippen LogP contribution in [0.4, 0.5) is 0 Å². The second-order valence-electron chi connectivity index (χ2n) is 7.19. The van der Waals surface area contributed by atoms with Crippen molar-refractivity contribution in [3.63, 3.8) is 0 Å². The zero-order valence-electron chi connectivity index (χ0n) is 14.9. The number of aromatic nitrogens is 4. The molecule has 1 saturated heterocycles. The van der Waals surface area contributed by atoms with Gasteiger partial charge < -0.3 is 9.47 Å². The first-order chi connectivity index (χ1) is 11.4. The van der Waals surface area contributed by atoms with Gasteiger partial charge in [-0.15, -0.1) is 0 Å². The van der Waals surface area contributed by atoms with Gasteiger partial charge >= 0.3 is 0 Å². The second kappa shape index (κ2) is 6.39. The number of aryl methyl sites for hydroxylation is 1. The molecule has 0 aromatic carbocycles. The van der Waals surface area contributed by atoms with Gasteiger partial charge in [0.05, 0.1) is 29.5 Å². The van der Waals surface area contributed by atoms with E-state index >= 15 is 0 Å². The zero-order chi connectivity index (χ0) is 17.3. The van der Waals surface area contributed by atoms with Crippen LogP contribution in [0.2, 0.25) is 0 Å². The van der Waals surface area contributed by atoms with Gasteiger partial charge in [0, 0.05) is 39.3 Å². The summed E-state index contributed by atoms with van der Waals surface area (Å²) in [5.41, 5.74) is 2.85. The van der Waals surface area contributed by atoms with E-state index in [0.717, 1.165) is 38.2 Å². The molecule has 0 bridgehead atoms. The molecule has 7 heteroatoms. The van der Waals surface area contributed by atoms with Gasteiger partial charge in [0.1, 0.15) is 0 Å². The Bertz CT molecular complexity index is 708. The number of piperidine rings is 1. The van der Waals surface area contributed by atoms with Crippen molar-refractivity contribution in [3.8, 4) is 0 Å². The number of nitrogens with one attached hydrogen (secondary N) is 1. The first-order valence-corrected chi connectivity index (χ1v) is 8.34. The van der Waals surface area contributed by atoms with Gasteiger partial charge in [-0.05, 0) is 25.9 Å². The van der Waals surface area contributed by atoms with Gasteiger partial charge in [0.25, 0.3) is 5.91 Å². The third-order valence-corrected chi connectivity index (χ3v) is 5.14. The molecule has 24 heavy (non-hydrogen) atoms. The highest BCUT2D eigenvalue weighted by Crippen LogP contribution is 2.36. The Balaban J connectivity index is 1.70. The van der Waals surface area contributed by atoms with Crippen LogP contribution < -0.4 is 0 Å². The molecule has 7 nitrogen and oxygen atoms in total. The quantitative estimate of drug-likeness (QED) is 0.920. The zero-order valence-corrected chi connectivity index (χ0v) is 14.9. The maximum atomic E-state index is 12.4. The lowest BCUT2D eigenvalue weighted by atomic mass is 9.76. The Morgan fingerprint density at radius 1 is 1.33 bits per heavy atom. The maximum Gasteiger partial charge on any atom is 0.256 e. The lowest BCUT2D eigenvalue weighted by molar-refractivity contribution is 0.0821. The molecule has 0 radical (unpaired) electrons. The monoisotopic (exact) mass is 330 g/mol. The molecule has 0 spiro atoms. The molecule has 1 aliphatic rings. The first-order valence-electron chi connectivity index (χ1n) is 8.34. The summed E-state index contributed by atoms with van der Waals surface area (Å²) < 4.78 is 2.07. The number of likely N-dealkylation sites (tertiary alicyclic amines) is 1. The van der Waals surface area contributed by atoms with Crippen molar-refractivity contribution in [2.75, 3.05) is 27.2 Å². The first kappa shape index (κ1) is 16.7. The summed E-state index contributed by atoms with van der Waals surface area (Å²) in [5.74, 6) is 0.0114. The van der Waals surface area contributed by atoms with Crippen LogP contribution in [0.1, 0.15) is 41.5 Å². The number of carbonyl (C=O) groups is 1. The minimum atomic E-state index is -0.0412. The molecular formula is C17H26N6O. The average Bonchev–Trinajstić information content (AvgIpc) is 3.19. The largest absolute Gasteiger partial charge is 0.345 e. The summed E-state index contributed by atoms with van der Waals surface area (Å²) in [6.07, 6.45) is 7.43. The number of imidazole rings is 1.